The molecule has 1 saturated heterocycles. The van der Waals surface area contributed by atoms with Crippen molar-refractivity contribution in [3.05, 3.63) is 65.2 Å². The van der Waals surface area contributed by atoms with E-state index >= 15 is 0 Å². The first kappa shape index (κ1) is 26.2. The molecule has 0 radical (unpaired) electrons. The Hall–Kier alpha value is -2.36. The molecule has 1 aliphatic rings. The van der Waals surface area contributed by atoms with Crippen molar-refractivity contribution in [1.29, 1.82) is 0 Å². The topological polar surface area (TPSA) is 78.5 Å². The zero-order valence-electron chi connectivity index (χ0n) is 19.9. The second-order valence-electron chi connectivity index (χ2n) is 9.74. The Labute approximate surface area is 200 Å². The number of nitrogens with zero attached hydrogens (tertiary/aromatic N) is 1. The number of nitrogens with one attached hydrogen (secondary N) is 2. The van der Waals surface area contributed by atoms with Gasteiger partial charge in [-0.25, -0.2) is 21.9 Å². The quantitative estimate of drug-likeness (QED) is 0.584. The Kier molecular flexibility index (Phi) is 8.43. The first-order valence-corrected chi connectivity index (χ1v) is 12.9. The van der Waals surface area contributed by atoms with Gasteiger partial charge in [0.15, 0.2) is 0 Å². The predicted molar refractivity (Wildman–Crippen MR) is 129 cm³/mol. The van der Waals surface area contributed by atoms with E-state index in [9.17, 15) is 22.0 Å². The second-order valence-corrected chi connectivity index (χ2v) is 11.5. The van der Waals surface area contributed by atoms with Crippen LogP contribution in [0.1, 0.15) is 55.1 Å². The van der Waals surface area contributed by atoms with E-state index < -0.39 is 16.4 Å². The Morgan fingerprint density at radius 3 is 2.15 bits per heavy atom. The van der Waals surface area contributed by atoms with Crippen LogP contribution in [0.3, 0.4) is 0 Å². The third-order valence-corrected chi connectivity index (χ3v) is 7.45. The number of sulfonamides is 1. The molecular formula is C25H33F2N3O3S. The smallest absolute Gasteiger partial charge is 0.251 e. The fraction of sp³-hybridized carbons (Fsp3) is 0.480. The van der Waals surface area contributed by atoms with Crippen LogP contribution in [0.2, 0.25) is 0 Å². The number of carbonyl (C=O) groups is 1. The van der Waals surface area contributed by atoms with E-state index in [0.717, 1.165) is 11.1 Å². The van der Waals surface area contributed by atoms with E-state index in [1.165, 1.54) is 0 Å². The van der Waals surface area contributed by atoms with Gasteiger partial charge in [0.25, 0.3) is 12.3 Å². The summed E-state index contributed by atoms with van der Waals surface area (Å²) in [6.45, 7) is 7.15. The Balaban J connectivity index is 1.51. The lowest BCUT2D eigenvalue weighted by Gasteiger charge is -2.32. The second kappa shape index (κ2) is 10.9. The standard InChI is InChI=1S/C25H33F2N3O3S/c1-25(2,3)20-8-10-22(11-9-20)34(32,33)28-16-18-4-6-19(7-5-18)24(31)29-21-12-14-30(15-13-21)17-23(26)27/h4-11,21,23,28H,12-17H2,1-3H3,(H,29,31). The monoisotopic (exact) mass is 493 g/mol. The SMILES string of the molecule is CC(C)(C)c1ccc(S(=O)(=O)NCc2ccc(C(=O)NC3CCN(CC(F)F)CC3)cc2)cc1. The van der Waals surface area contributed by atoms with E-state index in [0.29, 0.717) is 31.5 Å². The average Bonchev–Trinajstić information content (AvgIpc) is 2.78. The van der Waals surface area contributed by atoms with E-state index in [1.807, 2.05) is 12.1 Å². The number of amides is 1. The van der Waals surface area contributed by atoms with Crippen molar-refractivity contribution >= 4 is 15.9 Å². The van der Waals surface area contributed by atoms with Crippen LogP contribution in [0.15, 0.2) is 53.4 Å². The number of halogens is 2. The molecule has 6 nitrogen and oxygen atoms in total. The number of hydrogen-bond donors (Lipinski definition) is 2. The molecule has 0 aromatic heterocycles. The van der Waals surface area contributed by atoms with Crippen molar-refractivity contribution in [2.75, 3.05) is 19.6 Å². The zero-order valence-corrected chi connectivity index (χ0v) is 20.7. The first-order chi connectivity index (χ1) is 15.9. The summed E-state index contributed by atoms with van der Waals surface area (Å²) in [6.07, 6.45) is -1.08. The lowest BCUT2D eigenvalue weighted by Crippen LogP contribution is -2.45. The van der Waals surface area contributed by atoms with Crippen molar-refractivity contribution in [2.24, 2.45) is 0 Å². The number of benzene rings is 2. The van der Waals surface area contributed by atoms with Gasteiger partial charge in [0.1, 0.15) is 0 Å². The Morgan fingerprint density at radius 1 is 1.03 bits per heavy atom. The summed E-state index contributed by atoms with van der Waals surface area (Å²) < 4.78 is 52.8. The summed E-state index contributed by atoms with van der Waals surface area (Å²) in [5.74, 6) is -0.224. The molecule has 2 aromatic rings. The maximum absolute atomic E-state index is 12.6. The summed E-state index contributed by atoms with van der Waals surface area (Å²) in [7, 11) is -3.66. The highest BCUT2D eigenvalue weighted by Crippen LogP contribution is 2.23. The third-order valence-electron chi connectivity index (χ3n) is 6.03. The summed E-state index contributed by atoms with van der Waals surface area (Å²) in [6, 6.07) is 13.6. The van der Waals surface area contributed by atoms with Crippen LogP contribution in [-0.2, 0) is 22.0 Å². The molecule has 9 heteroatoms. The summed E-state index contributed by atoms with van der Waals surface area (Å²) in [4.78, 5) is 14.4. The number of hydrogen-bond acceptors (Lipinski definition) is 4. The van der Waals surface area contributed by atoms with Crippen LogP contribution in [-0.4, -0.2) is 51.3 Å². The van der Waals surface area contributed by atoms with Crippen molar-refractivity contribution in [3.63, 3.8) is 0 Å². The van der Waals surface area contributed by atoms with E-state index in [2.05, 4.69) is 30.8 Å². The number of piperidine rings is 1. The molecule has 0 bridgehead atoms. The minimum atomic E-state index is -3.66. The van der Waals surface area contributed by atoms with Crippen LogP contribution in [0.4, 0.5) is 8.78 Å². The molecule has 186 valence electrons. The molecule has 34 heavy (non-hydrogen) atoms. The molecule has 0 aliphatic carbocycles. The molecule has 1 heterocycles. The largest absolute Gasteiger partial charge is 0.349 e. The van der Waals surface area contributed by atoms with Gasteiger partial charge in [-0.15, -0.1) is 0 Å². The van der Waals surface area contributed by atoms with Gasteiger partial charge in [0.05, 0.1) is 11.4 Å². The highest BCUT2D eigenvalue weighted by atomic mass is 32.2. The lowest BCUT2D eigenvalue weighted by atomic mass is 9.87. The van der Waals surface area contributed by atoms with Gasteiger partial charge in [-0.05, 0) is 53.6 Å². The predicted octanol–water partition coefficient (Wildman–Crippen LogP) is 3.92. The molecule has 1 aliphatic heterocycles. The summed E-state index contributed by atoms with van der Waals surface area (Å²) >= 11 is 0. The maximum Gasteiger partial charge on any atom is 0.251 e. The average molecular weight is 494 g/mol. The minimum absolute atomic E-state index is 0.0439. The van der Waals surface area contributed by atoms with Gasteiger partial charge < -0.3 is 5.32 Å². The number of likely N-dealkylation sites (tertiary alicyclic amines) is 1. The highest BCUT2D eigenvalue weighted by molar-refractivity contribution is 7.89. The molecule has 2 aromatic carbocycles. The van der Waals surface area contributed by atoms with Crippen LogP contribution in [0, 0.1) is 0 Å². The molecule has 0 spiro atoms. The molecule has 1 fully saturated rings. The molecule has 1 amide bonds. The number of carbonyl (C=O) groups excluding carboxylic acids is 1. The van der Waals surface area contributed by atoms with Gasteiger partial charge in [0, 0.05) is 31.2 Å². The fourth-order valence-corrected chi connectivity index (χ4v) is 4.91. The van der Waals surface area contributed by atoms with Gasteiger partial charge >= 0.3 is 0 Å². The molecular weight excluding hydrogens is 460 g/mol. The van der Waals surface area contributed by atoms with Crippen LogP contribution >= 0.6 is 0 Å². The first-order valence-electron chi connectivity index (χ1n) is 11.4. The molecule has 0 atom stereocenters. The molecule has 0 unspecified atom stereocenters. The van der Waals surface area contributed by atoms with Gasteiger partial charge in [0.2, 0.25) is 10.0 Å². The third kappa shape index (κ3) is 7.32. The Bertz CT molecular complexity index is 1060. The molecule has 2 N–H and O–H groups in total. The molecule has 0 saturated carbocycles. The van der Waals surface area contributed by atoms with Crippen molar-refractivity contribution < 1.29 is 22.0 Å². The zero-order chi connectivity index (χ0) is 24.9. The van der Waals surface area contributed by atoms with Crippen LogP contribution in [0.5, 0.6) is 0 Å². The van der Waals surface area contributed by atoms with Gasteiger partial charge in [-0.2, -0.15) is 0 Å². The minimum Gasteiger partial charge on any atom is -0.349 e. The van der Waals surface area contributed by atoms with Crippen molar-refractivity contribution in [2.45, 2.75) is 62.9 Å². The number of alkyl halides is 2. The lowest BCUT2D eigenvalue weighted by molar-refractivity contribution is 0.0696. The van der Waals surface area contributed by atoms with Gasteiger partial charge in [-0.1, -0.05) is 45.0 Å². The molecule has 3 rings (SSSR count). The normalized spacial score (nSPS) is 16.1. The van der Waals surface area contributed by atoms with E-state index in [4.69, 9.17) is 0 Å². The fourth-order valence-electron chi connectivity index (χ4n) is 3.89. The summed E-state index contributed by atoms with van der Waals surface area (Å²) in [5.41, 5.74) is 2.19. The Morgan fingerprint density at radius 2 is 1.62 bits per heavy atom. The van der Waals surface area contributed by atoms with Crippen molar-refractivity contribution in [3.8, 4) is 0 Å². The van der Waals surface area contributed by atoms with E-state index in [-0.39, 0.29) is 35.3 Å². The van der Waals surface area contributed by atoms with Crippen molar-refractivity contribution in [1.82, 2.24) is 14.9 Å². The van der Waals surface area contributed by atoms with E-state index in [1.54, 1.807) is 41.3 Å². The number of rotatable bonds is 8. The maximum atomic E-state index is 12.6. The van der Waals surface area contributed by atoms with Crippen LogP contribution < -0.4 is 10.0 Å². The summed E-state index contributed by atoms with van der Waals surface area (Å²) in [5, 5.41) is 2.96. The highest BCUT2D eigenvalue weighted by Gasteiger charge is 2.23. The van der Waals surface area contributed by atoms with Crippen LogP contribution in [0.25, 0.3) is 0 Å². The van der Waals surface area contributed by atoms with Gasteiger partial charge in [-0.3, -0.25) is 9.69 Å².